The van der Waals surface area contributed by atoms with E-state index in [0.717, 1.165) is 38.0 Å². The summed E-state index contributed by atoms with van der Waals surface area (Å²) in [5.74, 6) is 0.0358. The Balaban J connectivity index is 1.65. The minimum atomic E-state index is -0.421. The molecule has 154 valence electrons. The smallest absolute Gasteiger partial charge is 0.292 e. The van der Waals surface area contributed by atoms with Crippen molar-refractivity contribution in [3.05, 3.63) is 64.5 Å². The molecule has 1 atom stereocenters. The average Bonchev–Trinajstić information content (AvgIpc) is 3.02. The first-order chi connectivity index (χ1) is 14.1. The number of carbonyl (C=O) groups is 1. The Hall–Kier alpha value is -3.00. The van der Waals surface area contributed by atoms with E-state index >= 15 is 0 Å². The molecule has 0 radical (unpaired) electrons. The quantitative estimate of drug-likeness (QED) is 0.525. The fourth-order valence-corrected chi connectivity index (χ4v) is 3.63. The van der Waals surface area contributed by atoms with Crippen LogP contribution in [-0.2, 0) is 11.3 Å². The zero-order chi connectivity index (χ0) is 20.5. The van der Waals surface area contributed by atoms with Crippen LogP contribution < -0.4 is 10.6 Å². The molecule has 2 heterocycles. The number of nitrogens with zero attached hydrogens (tertiary/aromatic N) is 3. The highest BCUT2D eigenvalue weighted by Crippen LogP contribution is 2.23. The summed E-state index contributed by atoms with van der Waals surface area (Å²) in [6, 6.07) is 12.4. The van der Waals surface area contributed by atoms with E-state index in [-0.39, 0.29) is 24.1 Å². The lowest BCUT2D eigenvalue weighted by atomic mass is 10.1. The van der Waals surface area contributed by atoms with Crippen LogP contribution in [0.5, 0.6) is 0 Å². The molecule has 1 unspecified atom stereocenters. The van der Waals surface area contributed by atoms with Crippen molar-refractivity contribution in [3.8, 4) is 0 Å². The van der Waals surface area contributed by atoms with E-state index in [0.29, 0.717) is 18.8 Å². The van der Waals surface area contributed by atoms with Gasteiger partial charge in [0.05, 0.1) is 17.2 Å². The molecule has 1 aromatic carbocycles. The number of aromatic nitrogens is 1. The van der Waals surface area contributed by atoms with Gasteiger partial charge in [-0.1, -0.05) is 18.2 Å². The molecule has 8 nitrogen and oxygen atoms in total. The Kier molecular flexibility index (Phi) is 7.52. The van der Waals surface area contributed by atoms with Gasteiger partial charge in [0, 0.05) is 31.3 Å². The molecule has 2 N–H and O–H groups in total. The van der Waals surface area contributed by atoms with Gasteiger partial charge in [-0.25, -0.2) is 0 Å². The predicted octanol–water partition coefficient (Wildman–Crippen LogP) is 2.96. The maximum absolute atomic E-state index is 13.1. The van der Waals surface area contributed by atoms with E-state index in [1.165, 1.54) is 6.07 Å². The van der Waals surface area contributed by atoms with Crippen LogP contribution in [0.25, 0.3) is 0 Å². The summed E-state index contributed by atoms with van der Waals surface area (Å²) in [5, 5.41) is 17.6. The van der Waals surface area contributed by atoms with Crippen LogP contribution in [0, 0.1) is 10.1 Å². The van der Waals surface area contributed by atoms with Gasteiger partial charge in [-0.15, -0.1) is 0 Å². The van der Waals surface area contributed by atoms with Crippen LogP contribution in [0.2, 0.25) is 0 Å². The molecule has 0 spiro atoms. The number of nitro groups is 1. The van der Waals surface area contributed by atoms with Gasteiger partial charge >= 0.3 is 0 Å². The molecule has 1 fully saturated rings. The summed E-state index contributed by atoms with van der Waals surface area (Å²) in [4.78, 5) is 30.1. The second-order valence-corrected chi connectivity index (χ2v) is 7.13. The minimum Gasteiger partial charge on any atom is -0.379 e. The summed E-state index contributed by atoms with van der Waals surface area (Å²) in [7, 11) is 0. The first-order valence-electron chi connectivity index (χ1n) is 10.0. The van der Waals surface area contributed by atoms with Crippen molar-refractivity contribution in [2.75, 3.05) is 25.0 Å². The molecule has 1 aliphatic heterocycles. The largest absolute Gasteiger partial charge is 0.379 e. The van der Waals surface area contributed by atoms with Gasteiger partial charge in [0.1, 0.15) is 5.69 Å². The first-order valence-corrected chi connectivity index (χ1v) is 10.0. The minimum absolute atomic E-state index is 0.0140. The van der Waals surface area contributed by atoms with Crippen LogP contribution in [0.4, 0.5) is 11.4 Å². The second kappa shape index (κ2) is 10.5. The normalized spacial score (nSPS) is 16.6. The van der Waals surface area contributed by atoms with Crippen molar-refractivity contribution >= 4 is 17.3 Å². The third-order valence-corrected chi connectivity index (χ3v) is 5.12. The van der Waals surface area contributed by atoms with E-state index < -0.39 is 4.92 Å². The van der Waals surface area contributed by atoms with Gasteiger partial charge in [0.25, 0.3) is 5.69 Å². The monoisotopic (exact) mass is 397 g/mol. The van der Waals surface area contributed by atoms with Crippen molar-refractivity contribution in [3.63, 3.8) is 0 Å². The number of rotatable bonds is 8. The zero-order valence-corrected chi connectivity index (χ0v) is 16.4. The van der Waals surface area contributed by atoms with Gasteiger partial charge in [0.2, 0.25) is 5.91 Å². The van der Waals surface area contributed by atoms with E-state index in [1.807, 2.05) is 23.1 Å². The molecule has 1 saturated heterocycles. The lowest BCUT2D eigenvalue weighted by molar-refractivity contribution is -0.384. The van der Waals surface area contributed by atoms with Gasteiger partial charge in [-0.05, 0) is 50.6 Å². The van der Waals surface area contributed by atoms with Gasteiger partial charge < -0.3 is 15.5 Å². The van der Waals surface area contributed by atoms with Gasteiger partial charge in [0.15, 0.2) is 0 Å². The van der Waals surface area contributed by atoms with Crippen molar-refractivity contribution in [1.82, 2.24) is 15.2 Å². The Bertz CT molecular complexity index is 807. The molecule has 2 aromatic rings. The summed E-state index contributed by atoms with van der Waals surface area (Å²) in [6.07, 6.45) is 4.91. The van der Waals surface area contributed by atoms with Gasteiger partial charge in [-0.2, -0.15) is 0 Å². The first kappa shape index (κ1) is 20.7. The predicted molar refractivity (Wildman–Crippen MR) is 111 cm³/mol. The molecule has 29 heavy (non-hydrogen) atoms. The van der Waals surface area contributed by atoms with Crippen molar-refractivity contribution < 1.29 is 9.72 Å². The van der Waals surface area contributed by atoms with Crippen LogP contribution >= 0.6 is 0 Å². The summed E-state index contributed by atoms with van der Waals surface area (Å²) >= 11 is 0. The fraction of sp³-hybridized carbons (Fsp3) is 0.429. The fourth-order valence-electron chi connectivity index (χ4n) is 3.63. The van der Waals surface area contributed by atoms with E-state index in [9.17, 15) is 14.9 Å². The van der Waals surface area contributed by atoms with Crippen LogP contribution in [-0.4, -0.2) is 46.4 Å². The number of hydrogen-bond donors (Lipinski definition) is 2. The number of hydrogen-bond acceptors (Lipinski definition) is 6. The van der Waals surface area contributed by atoms with E-state index in [2.05, 4.69) is 15.6 Å². The number of carbonyl (C=O) groups excluding carboxylic acids is 1. The lowest BCUT2D eigenvalue weighted by Crippen LogP contribution is -2.41. The van der Waals surface area contributed by atoms with Crippen molar-refractivity contribution in [2.24, 2.45) is 0 Å². The summed E-state index contributed by atoms with van der Waals surface area (Å²) in [6.45, 7) is 2.69. The summed E-state index contributed by atoms with van der Waals surface area (Å²) < 4.78 is 0. The van der Waals surface area contributed by atoms with Crippen molar-refractivity contribution in [2.45, 2.75) is 38.3 Å². The van der Waals surface area contributed by atoms with Crippen LogP contribution in [0.1, 0.15) is 31.4 Å². The second-order valence-electron chi connectivity index (χ2n) is 7.13. The Morgan fingerprint density at radius 3 is 2.83 bits per heavy atom. The molecule has 0 bridgehead atoms. The molecular formula is C21H27N5O3. The van der Waals surface area contributed by atoms with Crippen LogP contribution in [0.3, 0.4) is 0 Å². The summed E-state index contributed by atoms with van der Waals surface area (Å²) in [5.41, 5.74) is 1.31. The zero-order valence-electron chi connectivity index (χ0n) is 16.4. The number of anilines is 1. The van der Waals surface area contributed by atoms with Gasteiger partial charge in [-0.3, -0.25) is 19.9 Å². The van der Waals surface area contributed by atoms with Crippen molar-refractivity contribution in [1.29, 1.82) is 0 Å². The number of pyridine rings is 1. The molecule has 0 aliphatic carbocycles. The average molecular weight is 397 g/mol. The molecule has 3 rings (SSSR count). The number of nitrogens with one attached hydrogen (secondary N) is 2. The number of benzene rings is 1. The number of amides is 1. The molecule has 1 aliphatic rings. The maximum Gasteiger partial charge on any atom is 0.292 e. The standard InChI is InChI=1S/C21H27N5O3/c27-21(11-15-24-19-8-1-2-9-20(19)26(28)29)25(16-17-6-3-4-13-23-17)18-7-5-12-22-14-10-18/h1-4,6,8-9,13,18,22,24H,5,7,10-12,14-16H2. The van der Waals surface area contributed by atoms with Crippen LogP contribution in [0.15, 0.2) is 48.7 Å². The Morgan fingerprint density at radius 1 is 1.21 bits per heavy atom. The van der Waals surface area contributed by atoms with E-state index in [1.54, 1.807) is 24.4 Å². The maximum atomic E-state index is 13.1. The molecule has 0 saturated carbocycles. The van der Waals surface area contributed by atoms with E-state index in [4.69, 9.17) is 0 Å². The highest BCUT2D eigenvalue weighted by molar-refractivity contribution is 5.77. The Labute approximate surface area is 170 Å². The third kappa shape index (κ3) is 5.99. The topological polar surface area (TPSA) is 100 Å². The third-order valence-electron chi connectivity index (χ3n) is 5.12. The molecule has 8 heteroatoms. The SMILES string of the molecule is O=C(CCNc1ccccc1[N+](=O)[O-])N(Cc1ccccn1)C1CCCNCC1. The molecular weight excluding hydrogens is 370 g/mol. The highest BCUT2D eigenvalue weighted by atomic mass is 16.6. The molecule has 1 amide bonds. The number of nitro benzene ring substituents is 1. The number of para-hydroxylation sites is 2. The highest BCUT2D eigenvalue weighted by Gasteiger charge is 2.25. The molecule has 1 aromatic heterocycles. The Morgan fingerprint density at radius 2 is 2.03 bits per heavy atom. The lowest BCUT2D eigenvalue weighted by Gasteiger charge is -2.31.